The van der Waals surface area contributed by atoms with Gasteiger partial charge in [-0.2, -0.15) is 13.2 Å². The van der Waals surface area contributed by atoms with Crippen molar-refractivity contribution in [2.75, 3.05) is 0 Å². The number of nitrogens with zero attached hydrogens (tertiary/aromatic N) is 1. The van der Waals surface area contributed by atoms with E-state index in [4.69, 9.17) is 0 Å². The lowest BCUT2D eigenvalue weighted by atomic mass is 10.1. The molecule has 3 aromatic rings. The van der Waals surface area contributed by atoms with E-state index in [0.717, 1.165) is 29.7 Å². The van der Waals surface area contributed by atoms with Crippen molar-refractivity contribution in [3.05, 3.63) is 77.5 Å². The van der Waals surface area contributed by atoms with Gasteiger partial charge in [0.2, 0.25) is 0 Å². The van der Waals surface area contributed by atoms with Gasteiger partial charge in [-0.1, -0.05) is 24.3 Å². The molecular weight excluding hydrogens is 373 g/mol. The van der Waals surface area contributed by atoms with Crippen LogP contribution in [0, 0.1) is 0 Å². The van der Waals surface area contributed by atoms with Crippen LogP contribution in [0.25, 0.3) is 10.9 Å². The van der Waals surface area contributed by atoms with E-state index in [1.54, 1.807) is 24.3 Å². The summed E-state index contributed by atoms with van der Waals surface area (Å²) in [5.41, 5.74) is 0.210. The van der Waals surface area contributed by atoms with Crippen LogP contribution in [0.4, 0.5) is 13.2 Å². The van der Waals surface area contributed by atoms with Crippen LogP contribution in [-0.2, 0) is 17.4 Å². The van der Waals surface area contributed by atoms with Crippen LogP contribution >= 0.6 is 0 Å². The number of carbonyl (C=O) groups excluding carboxylic acids is 1. The highest BCUT2D eigenvalue weighted by Gasteiger charge is 2.30. The molecule has 0 spiro atoms. The van der Waals surface area contributed by atoms with Gasteiger partial charge < -0.3 is 10.4 Å². The predicted octanol–water partition coefficient (Wildman–Crippen LogP) is 3.68. The fourth-order valence-electron chi connectivity index (χ4n) is 2.68. The van der Waals surface area contributed by atoms with E-state index < -0.39 is 29.7 Å². The molecule has 2 aromatic carbocycles. The molecule has 28 heavy (non-hydrogen) atoms. The van der Waals surface area contributed by atoms with E-state index in [-0.39, 0.29) is 12.0 Å². The minimum Gasteiger partial charge on any atom is -0.480 e. The number of hydrogen-bond acceptors (Lipinski definition) is 3. The molecular formula is C20H15F3N2O3. The molecule has 3 rings (SSSR count). The highest BCUT2D eigenvalue weighted by molar-refractivity contribution is 5.96. The summed E-state index contributed by atoms with van der Waals surface area (Å²) in [4.78, 5) is 28.2. The molecule has 0 saturated heterocycles. The fourth-order valence-corrected chi connectivity index (χ4v) is 2.68. The number of amides is 1. The molecule has 0 aliphatic carbocycles. The number of rotatable bonds is 5. The molecule has 0 unspecified atom stereocenters. The zero-order valence-electron chi connectivity index (χ0n) is 14.4. The van der Waals surface area contributed by atoms with Gasteiger partial charge >= 0.3 is 12.1 Å². The fraction of sp³-hybridized carbons (Fsp3) is 0.150. The molecule has 8 heteroatoms. The number of hydrogen-bond donors (Lipinski definition) is 2. The van der Waals surface area contributed by atoms with E-state index in [0.29, 0.717) is 11.2 Å². The Morgan fingerprint density at radius 3 is 2.32 bits per heavy atom. The lowest BCUT2D eigenvalue weighted by Crippen LogP contribution is -2.42. The molecule has 1 atom stereocenters. The summed E-state index contributed by atoms with van der Waals surface area (Å²) in [6.45, 7) is 0. The number of aliphatic carboxylic acids is 1. The summed E-state index contributed by atoms with van der Waals surface area (Å²) in [6.07, 6.45) is -4.58. The molecule has 0 aliphatic rings. The van der Waals surface area contributed by atoms with Crippen molar-refractivity contribution >= 4 is 22.8 Å². The quantitative estimate of drug-likeness (QED) is 0.699. The highest BCUT2D eigenvalue weighted by Crippen LogP contribution is 2.29. The Kier molecular flexibility index (Phi) is 5.30. The average Bonchev–Trinajstić information content (AvgIpc) is 2.66. The minimum absolute atomic E-state index is 0.0630. The number of alkyl halides is 3. The Hall–Kier alpha value is -3.42. The number of para-hydroxylation sites is 1. The zero-order valence-corrected chi connectivity index (χ0v) is 14.4. The first-order chi connectivity index (χ1) is 13.2. The zero-order chi connectivity index (χ0) is 20.3. The molecule has 1 aromatic heterocycles. The largest absolute Gasteiger partial charge is 0.480 e. The van der Waals surface area contributed by atoms with Gasteiger partial charge in [-0.15, -0.1) is 0 Å². The lowest BCUT2D eigenvalue weighted by Gasteiger charge is -2.15. The molecule has 0 aliphatic heterocycles. The summed E-state index contributed by atoms with van der Waals surface area (Å²) < 4.78 is 37.8. The molecule has 0 bridgehead atoms. The van der Waals surface area contributed by atoms with Crippen LogP contribution < -0.4 is 5.32 Å². The maximum atomic E-state index is 12.6. The van der Waals surface area contributed by atoms with Crippen LogP contribution in [-0.4, -0.2) is 28.0 Å². The number of benzene rings is 2. The first-order valence-electron chi connectivity index (χ1n) is 8.29. The van der Waals surface area contributed by atoms with Gasteiger partial charge in [0, 0.05) is 23.1 Å². The van der Waals surface area contributed by atoms with Gasteiger partial charge in [-0.3, -0.25) is 9.78 Å². The maximum absolute atomic E-state index is 12.6. The van der Waals surface area contributed by atoms with Crippen molar-refractivity contribution in [2.24, 2.45) is 0 Å². The summed E-state index contributed by atoms with van der Waals surface area (Å²) in [5, 5.41) is 12.6. The second-order valence-electron chi connectivity index (χ2n) is 6.14. The molecule has 1 amide bonds. The summed E-state index contributed by atoms with van der Waals surface area (Å²) in [6, 6.07) is 13.1. The van der Waals surface area contributed by atoms with Crippen molar-refractivity contribution in [1.29, 1.82) is 0 Å². The topological polar surface area (TPSA) is 79.3 Å². The Balaban J connectivity index is 1.75. The number of carbonyl (C=O) groups is 2. The summed E-state index contributed by atoms with van der Waals surface area (Å²) >= 11 is 0. The Morgan fingerprint density at radius 2 is 1.68 bits per heavy atom. The SMILES string of the molecule is O=C(N[C@@H](Cc1ccc2ccccc2n1)C(=O)O)c1ccc(C(F)(F)F)cc1. The van der Waals surface area contributed by atoms with Crippen LogP contribution in [0.15, 0.2) is 60.7 Å². The molecule has 144 valence electrons. The van der Waals surface area contributed by atoms with E-state index >= 15 is 0 Å². The van der Waals surface area contributed by atoms with Gasteiger partial charge in [0.1, 0.15) is 6.04 Å². The predicted molar refractivity (Wildman–Crippen MR) is 95.8 cm³/mol. The second-order valence-corrected chi connectivity index (χ2v) is 6.14. The Labute approximate surface area is 157 Å². The molecule has 0 radical (unpaired) electrons. The number of pyridine rings is 1. The average molecular weight is 388 g/mol. The van der Waals surface area contributed by atoms with E-state index in [1.165, 1.54) is 0 Å². The second kappa shape index (κ2) is 7.67. The molecule has 0 fully saturated rings. The number of carboxylic acids is 1. The van der Waals surface area contributed by atoms with Crippen LogP contribution in [0.3, 0.4) is 0 Å². The Morgan fingerprint density at radius 1 is 1.00 bits per heavy atom. The van der Waals surface area contributed by atoms with Crippen molar-refractivity contribution in [1.82, 2.24) is 10.3 Å². The van der Waals surface area contributed by atoms with Crippen molar-refractivity contribution in [2.45, 2.75) is 18.6 Å². The molecule has 5 nitrogen and oxygen atoms in total. The third-order valence-corrected chi connectivity index (χ3v) is 4.15. The summed E-state index contributed by atoms with van der Waals surface area (Å²) in [5.74, 6) is -2.04. The van der Waals surface area contributed by atoms with Crippen LogP contribution in [0.1, 0.15) is 21.6 Å². The van der Waals surface area contributed by atoms with E-state index in [9.17, 15) is 27.9 Å². The van der Waals surface area contributed by atoms with Crippen LogP contribution in [0.2, 0.25) is 0 Å². The number of carboxylic acid groups (broad SMARTS) is 1. The van der Waals surface area contributed by atoms with Gasteiger partial charge in [0.25, 0.3) is 5.91 Å². The third kappa shape index (κ3) is 4.46. The maximum Gasteiger partial charge on any atom is 0.416 e. The smallest absolute Gasteiger partial charge is 0.416 e. The highest BCUT2D eigenvalue weighted by atomic mass is 19.4. The van der Waals surface area contributed by atoms with Crippen molar-refractivity contribution in [3.8, 4) is 0 Å². The summed E-state index contributed by atoms with van der Waals surface area (Å²) in [7, 11) is 0. The van der Waals surface area contributed by atoms with E-state index in [2.05, 4.69) is 10.3 Å². The lowest BCUT2D eigenvalue weighted by molar-refractivity contribution is -0.139. The number of nitrogens with one attached hydrogen (secondary N) is 1. The number of aromatic nitrogens is 1. The van der Waals surface area contributed by atoms with Gasteiger partial charge in [0.05, 0.1) is 11.1 Å². The first kappa shape index (κ1) is 19.3. The van der Waals surface area contributed by atoms with Gasteiger partial charge in [-0.05, 0) is 36.4 Å². The first-order valence-corrected chi connectivity index (χ1v) is 8.29. The molecule has 2 N–H and O–H groups in total. The number of fused-ring (bicyclic) bond motifs is 1. The minimum atomic E-state index is -4.51. The third-order valence-electron chi connectivity index (χ3n) is 4.15. The van der Waals surface area contributed by atoms with Crippen LogP contribution in [0.5, 0.6) is 0 Å². The number of halogens is 3. The van der Waals surface area contributed by atoms with Crippen molar-refractivity contribution < 1.29 is 27.9 Å². The van der Waals surface area contributed by atoms with Gasteiger partial charge in [0.15, 0.2) is 0 Å². The molecule has 0 saturated carbocycles. The van der Waals surface area contributed by atoms with E-state index in [1.807, 2.05) is 12.1 Å². The van der Waals surface area contributed by atoms with Gasteiger partial charge in [-0.25, -0.2) is 4.79 Å². The molecule has 1 heterocycles. The Bertz CT molecular complexity index is 1020. The monoisotopic (exact) mass is 388 g/mol. The van der Waals surface area contributed by atoms with Crippen molar-refractivity contribution in [3.63, 3.8) is 0 Å². The standard InChI is InChI=1S/C20H15F3N2O3/c21-20(22,23)14-8-5-13(6-9-14)18(26)25-17(19(27)28)11-15-10-7-12-3-1-2-4-16(12)24-15/h1-10,17H,11H2,(H,25,26)(H,27,28)/t17-/m0/s1. The normalized spacial score (nSPS) is 12.5.